The molecular weight excluding hydrogens is 362 g/mol. The number of carboxylic acid groups (broad SMARTS) is 1. The van der Waals surface area contributed by atoms with Gasteiger partial charge in [-0.1, -0.05) is 20.3 Å². The van der Waals surface area contributed by atoms with E-state index in [0.717, 1.165) is 16.5 Å². The summed E-state index contributed by atoms with van der Waals surface area (Å²) in [6.07, 6.45) is 0.813. The number of hydrogen-bond donors (Lipinski definition) is 2. The molecule has 0 unspecified atom stereocenters. The summed E-state index contributed by atoms with van der Waals surface area (Å²) in [5, 5.41) is 12.6. The highest BCUT2D eigenvalue weighted by atomic mass is 16.5. The molecule has 0 spiro atoms. The van der Waals surface area contributed by atoms with Crippen LogP contribution < -0.4 is 15.7 Å². The molecule has 28 heavy (non-hydrogen) atoms. The minimum atomic E-state index is -1.06. The molecule has 0 saturated carbocycles. The predicted octanol–water partition coefficient (Wildman–Crippen LogP) is 2.97. The molecule has 0 aliphatic rings. The fraction of sp³-hybridized carbons (Fsp3) is 0.476. The summed E-state index contributed by atoms with van der Waals surface area (Å²) >= 11 is 0. The Hall–Kier alpha value is -2.83. The summed E-state index contributed by atoms with van der Waals surface area (Å²) in [5.74, 6) is -1.02. The van der Waals surface area contributed by atoms with Gasteiger partial charge in [-0.05, 0) is 43.9 Å². The van der Waals surface area contributed by atoms with Crippen molar-refractivity contribution < 1.29 is 23.8 Å². The van der Waals surface area contributed by atoms with E-state index in [4.69, 9.17) is 9.15 Å². The molecule has 152 valence electrons. The zero-order chi connectivity index (χ0) is 21.0. The molecule has 0 saturated heterocycles. The number of carbonyl (C=O) groups is 2. The summed E-state index contributed by atoms with van der Waals surface area (Å²) in [5.41, 5.74) is 1.88. The molecule has 2 aromatic rings. The third-order valence-corrected chi connectivity index (χ3v) is 5.27. The van der Waals surface area contributed by atoms with E-state index in [9.17, 15) is 19.5 Å². The van der Waals surface area contributed by atoms with Gasteiger partial charge < -0.3 is 19.6 Å². The number of aliphatic carboxylic acids is 1. The molecule has 1 amide bonds. The van der Waals surface area contributed by atoms with Crippen molar-refractivity contribution in [1.82, 2.24) is 5.32 Å². The molecular formula is C21H27NO6. The van der Waals surface area contributed by atoms with Crippen molar-refractivity contribution in [3.05, 3.63) is 39.2 Å². The van der Waals surface area contributed by atoms with Crippen LogP contribution in [0.4, 0.5) is 0 Å². The van der Waals surface area contributed by atoms with Crippen LogP contribution in [0.25, 0.3) is 11.0 Å². The normalized spacial score (nSPS) is 13.2. The van der Waals surface area contributed by atoms with Crippen molar-refractivity contribution in [2.45, 2.75) is 53.0 Å². The smallest absolute Gasteiger partial charge is 0.339 e. The van der Waals surface area contributed by atoms with Crippen molar-refractivity contribution >= 4 is 22.8 Å². The highest BCUT2D eigenvalue weighted by Gasteiger charge is 2.25. The van der Waals surface area contributed by atoms with Crippen LogP contribution in [-0.4, -0.2) is 30.1 Å². The maximum atomic E-state index is 12.5. The van der Waals surface area contributed by atoms with E-state index in [2.05, 4.69) is 5.32 Å². The number of rotatable bonds is 8. The van der Waals surface area contributed by atoms with E-state index < -0.39 is 23.5 Å². The van der Waals surface area contributed by atoms with Gasteiger partial charge in [-0.15, -0.1) is 0 Å². The fourth-order valence-corrected chi connectivity index (χ4v) is 3.25. The van der Waals surface area contributed by atoms with E-state index in [-0.39, 0.29) is 18.8 Å². The van der Waals surface area contributed by atoms with Gasteiger partial charge >= 0.3 is 11.6 Å². The molecule has 0 bridgehead atoms. The number of carboxylic acids is 1. The second-order valence-corrected chi connectivity index (χ2v) is 7.03. The minimum absolute atomic E-state index is 0.00641. The first-order chi connectivity index (χ1) is 13.2. The highest BCUT2D eigenvalue weighted by molar-refractivity contribution is 5.86. The molecule has 0 aliphatic heterocycles. The number of nitrogens with one attached hydrogen (secondary N) is 1. The van der Waals surface area contributed by atoms with Gasteiger partial charge in [-0.25, -0.2) is 9.59 Å². The van der Waals surface area contributed by atoms with Crippen molar-refractivity contribution in [2.75, 3.05) is 7.11 Å². The number of hydrogen-bond acceptors (Lipinski definition) is 5. The molecule has 7 nitrogen and oxygen atoms in total. The number of benzene rings is 1. The lowest BCUT2D eigenvalue weighted by atomic mass is 9.98. The Kier molecular flexibility index (Phi) is 6.83. The number of ether oxygens (including phenoxy) is 1. The van der Waals surface area contributed by atoms with Crippen LogP contribution in [0.2, 0.25) is 0 Å². The Morgan fingerprint density at radius 1 is 1.25 bits per heavy atom. The summed E-state index contributed by atoms with van der Waals surface area (Å²) in [6, 6.07) is 2.69. The minimum Gasteiger partial charge on any atom is -0.496 e. The molecule has 2 N–H and O–H groups in total. The van der Waals surface area contributed by atoms with Crippen LogP contribution in [0.15, 0.2) is 21.3 Å². The molecule has 0 fully saturated rings. The van der Waals surface area contributed by atoms with Gasteiger partial charge in [0.2, 0.25) is 5.91 Å². The summed E-state index contributed by atoms with van der Waals surface area (Å²) < 4.78 is 10.8. The monoisotopic (exact) mass is 389 g/mol. The fourth-order valence-electron chi connectivity index (χ4n) is 3.25. The summed E-state index contributed by atoms with van der Waals surface area (Å²) in [6.45, 7) is 7.28. The van der Waals surface area contributed by atoms with Gasteiger partial charge in [0.05, 0.1) is 7.11 Å². The first-order valence-corrected chi connectivity index (χ1v) is 9.33. The number of aryl methyl sites for hydroxylation is 2. The molecule has 7 heteroatoms. The number of methoxy groups -OCH3 is 1. The zero-order valence-electron chi connectivity index (χ0n) is 16.9. The van der Waals surface area contributed by atoms with Crippen LogP contribution in [-0.2, 0) is 16.0 Å². The van der Waals surface area contributed by atoms with Crippen molar-refractivity contribution in [3.8, 4) is 5.75 Å². The molecule has 1 heterocycles. The van der Waals surface area contributed by atoms with E-state index >= 15 is 0 Å². The lowest BCUT2D eigenvalue weighted by molar-refractivity contribution is -0.143. The van der Waals surface area contributed by atoms with Crippen molar-refractivity contribution in [3.63, 3.8) is 0 Å². The lowest BCUT2D eigenvalue weighted by Crippen LogP contribution is -2.45. The zero-order valence-corrected chi connectivity index (χ0v) is 16.9. The van der Waals surface area contributed by atoms with E-state index in [1.165, 1.54) is 0 Å². The maximum absolute atomic E-state index is 12.5. The van der Waals surface area contributed by atoms with E-state index in [1.54, 1.807) is 14.0 Å². The number of amides is 1. The van der Waals surface area contributed by atoms with Gasteiger partial charge in [0.25, 0.3) is 0 Å². The van der Waals surface area contributed by atoms with E-state index in [1.807, 2.05) is 32.9 Å². The summed E-state index contributed by atoms with van der Waals surface area (Å²) in [7, 11) is 1.55. The SMILES string of the molecule is CC[C@@H](C)[C@H](NC(=O)CCc1c(C)c2ccc(OC)c(C)c2oc1=O)C(=O)O. The standard InChI is InChI=1S/C21H27NO6/c1-6-11(2)18(20(24)25)22-17(23)10-8-15-12(3)14-7-9-16(27-5)13(4)19(14)28-21(15)26/h7,9,11,18H,6,8,10H2,1-5H3,(H,22,23)(H,24,25)/t11-,18+/m1/s1. The molecule has 0 aliphatic carbocycles. The number of carbonyl (C=O) groups excluding carboxylic acids is 1. The Morgan fingerprint density at radius 3 is 2.50 bits per heavy atom. The lowest BCUT2D eigenvalue weighted by Gasteiger charge is -2.20. The van der Waals surface area contributed by atoms with Crippen LogP contribution in [0.5, 0.6) is 5.75 Å². The van der Waals surface area contributed by atoms with Crippen molar-refractivity contribution in [2.24, 2.45) is 5.92 Å². The topological polar surface area (TPSA) is 106 Å². The molecule has 2 atom stereocenters. The third-order valence-electron chi connectivity index (χ3n) is 5.27. The second-order valence-electron chi connectivity index (χ2n) is 7.03. The summed E-state index contributed by atoms with van der Waals surface area (Å²) in [4.78, 5) is 36.1. The molecule has 1 aromatic heterocycles. The Labute approximate surface area is 163 Å². The van der Waals surface area contributed by atoms with Gasteiger partial charge in [0, 0.05) is 22.9 Å². The third kappa shape index (κ3) is 4.35. The first kappa shape index (κ1) is 21.5. The average Bonchev–Trinajstić information content (AvgIpc) is 2.66. The largest absolute Gasteiger partial charge is 0.496 e. The van der Waals surface area contributed by atoms with Crippen molar-refractivity contribution in [1.29, 1.82) is 0 Å². The average molecular weight is 389 g/mol. The van der Waals surface area contributed by atoms with Gasteiger partial charge in [0.1, 0.15) is 17.4 Å². The highest BCUT2D eigenvalue weighted by Crippen LogP contribution is 2.29. The van der Waals surface area contributed by atoms with Gasteiger partial charge in [0.15, 0.2) is 0 Å². The first-order valence-electron chi connectivity index (χ1n) is 9.33. The quantitative estimate of drug-likeness (QED) is 0.673. The van der Waals surface area contributed by atoms with Crippen LogP contribution >= 0.6 is 0 Å². The Morgan fingerprint density at radius 2 is 1.93 bits per heavy atom. The molecule has 2 rings (SSSR count). The molecule has 0 radical (unpaired) electrons. The van der Waals surface area contributed by atoms with Crippen LogP contribution in [0, 0.1) is 19.8 Å². The second kappa shape index (κ2) is 8.91. The van der Waals surface area contributed by atoms with Gasteiger partial charge in [-0.3, -0.25) is 4.79 Å². The number of fused-ring (bicyclic) bond motifs is 1. The predicted molar refractivity (Wildman–Crippen MR) is 106 cm³/mol. The Bertz CT molecular complexity index is 946. The van der Waals surface area contributed by atoms with Crippen LogP contribution in [0.3, 0.4) is 0 Å². The Balaban J connectivity index is 2.24. The molecule has 1 aromatic carbocycles. The van der Waals surface area contributed by atoms with Crippen LogP contribution in [0.1, 0.15) is 43.4 Å². The maximum Gasteiger partial charge on any atom is 0.339 e. The van der Waals surface area contributed by atoms with E-state index in [0.29, 0.717) is 23.3 Å². The van der Waals surface area contributed by atoms with Gasteiger partial charge in [-0.2, -0.15) is 0 Å².